The Labute approximate surface area is 114 Å². The molecule has 1 N–H and O–H groups in total. The number of piperidine rings is 1. The predicted molar refractivity (Wildman–Crippen MR) is 73.5 cm³/mol. The van der Waals surface area contributed by atoms with Gasteiger partial charge in [0.15, 0.2) is 0 Å². The largest absolute Gasteiger partial charge is 0.317 e. The van der Waals surface area contributed by atoms with Crippen molar-refractivity contribution in [3.8, 4) is 0 Å². The molecule has 1 unspecified atom stereocenters. The minimum Gasteiger partial charge on any atom is -0.317 e. The fourth-order valence-electron chi connectivity index (χ4n) is 2.57. The van der Waals surface area contributed by atoms with Crippen molar-refractivity contribution < 1.29 is 12.8 Å². The van der Waals surface area contributed by atoms with E-state index in [0.717, 1.165) is 5.56 Å². The summed E-state index contributed by atoms with van der Waals surface area (Å²) in [6, 6.07) is 6.47. The number of hydrogen-bond acceptors (Lipinski definition) is 3. The Morgan fingerprint density at radius 2 is 1.95 bits per heavy atom. The second-order valence-corrected chi connectivity index (χ2v) is 7.61. The fourth-order valence-corrected chi connectivity index (χ4v) is 4.30. The fraction of sp³-hybridized carbons (Fsp3) is 0.571. The molecule has 1 aliphatic rings. The Hall–Kier alpha value is -0.940. The molecule has 0 spiro atoms. The highest BCUT2D eigenvalue weighted by atomic mass is 32.2. The maximum Gasteiger partial charge on any atom is 0.215 e. The van der Waals surface area contributed by atoms with Gasteiger partial charge in [0.2, 0.25) is 14.8 Å². The van der Waals surface area contributed by atoms with Crippen molar-refractivity contribution in [2.24, 2.45) is 5.92 Å². The van der Waals surface area contributed by atoms with Gasteiger partial charge in [-0.1, -0.05) is 12.1 Å². The van der Waals surface area contributed by atoms with Crippen LogP contribution in [0.3, 0.4) is 0 Å². The van der Waals surface area contributed by atoms with E-state index < -0.39 is 20.8 Å². The van der Waals surface area contributed by atoms with Crippen LogP contribution in [0, 0.1) is 12.8 Å². The van der Waals surface area contributed by atoms with Crippen LogP contribution in [0.4, 0.5) is 4.39 Å². The molecule has 1 aromatic rings. The average Bonchev–Trinajstić information content (AvgIpc) is 2.39. The molecule has 1 fully saturated rings. The monoisotopic (exact) mass is 285 g/mol. The van der Waals surface area contributed by atoms with Gasteiger partial charge in [0.25, 0.3) is 0 Å². The van der Waals surface area contributed by atoms with E-state index in [4.69, 9.17) is 0 Å². The normalized spacial score (nSPS) is 21.0. The Morgan fingerprint density at radius 3 is 2.53 bits per heavy atom. The van der Waals surface area contributed by atoms with Crippen molar-refractivity contribution >= 4 is 9.84 Å². The third-order valence-corrected chi connectivity index (χ3v) is 6.15. The molecule has 2 rings (SSSR count). The molecule has 0 bridgehead atoms. The number of nitrogens with one attached hydrogen (secondary N) is 1. The summed E-state index contributed by atoms with van der Waals surface area (Å²) in [6.45, 7) is 4.36. The highest BCUT2D eigenvalue weighted by Gasteiger charge is 2.47. The highest BCUT2D eigenvalue weighted by molar-refractivity contribution is 7.92. The first-order valence-corrected chi connectivity index (χ1v) is 8.05. The summed E-state index contributed by atoms with van der Waals surface area (Å²) in [5.74, 6) is -0.445. The SMILES string of the molecule is Cc1cccc(S(=O)(=O)C(C)(F)C2CCNCC2)c1. The van der Waals surface area contributed by atoms with E-state index in [1.54, 1.807) is 19.1 Å². The summed E-state index contributed by atoms with van der Waals surface area (Å²) >= 11 is 0. The quantitative estimate of drug-likeness (QED) is 0.928. The first-order chi connectivity index (χ1) is 8.85. The molecule has 0 saturated carbocycles. The van der Waals surface area contributed by atoms with Gasteiger partial charge in [-0.05, 0) is 57.5 Å². The molecule has 0 aromatic heterocycles. The molecule has 0 amide bonds. The van der Waals surface area contributed by atoms with Crippen LogP contribution in [0.25, 0.3) is 0 Å². The topological polar surface area (TPSA) is 46.2 Å². The second kappa shape index (κ2) is 5.21. The van der Waals surface area contributed by atoms with Crippen molar-refractivity contribution in [2.75, 3.05) is 13.1 Å². The zero-order valence-electron chi connectivity index (χ0n) is 11.3. The molecule has 1 aromatic carbocycles. The maximum atomic E-state index is 15.0. The third kappa shape index (κ3) is 2.67. The first kappa shape index (κ1) is 14.5. The van der Waals surface area contributed by atoms with Gasteiger partial charge in [-0.2, -0.15) is 0 Å². The number of aryl methyl sites for hydroxylation is 1. The van der Waals surface area contributed by atoms with Gasteiger partial charge in [-0.15, -0.1) is 0 Å². The van der Waals surface area contributed by atoms with E-state index in [1.165, 1.54) is 19.1 Å². The van der Waals surface area contributed by atoms with Crippen molar-refractivity contribution in [3.05, 3.63) is 29.8 Å². The van der Waals surface area contributed by atoms with E-state index in [2.05, 4.69) is 5.32 Å². The van der Waals surface area contributed by atoms with Gasteiger partial charge < -0.3 is 5.32 Å². The zero-order valence-corrected chi connectivity index (χ0v) is 12.1. The molecule has 5 heteroatoms. The van der Waals surface area contributed by atoms with Gasteiger partial charge in [-0.3, -0.25) is 0 Å². The van der Waals surface area contributed by atoms with Crippen LogP contribution in [0.5, 0.6) is 0 Å². The number of alkyl halides is 1. The van der Waals surface area contributed by atoms with Crippen LogP contribution in [0.1, 0.15) is 25.3 Å². The molecule has 1 atom stereocenters. The molecule has 0 radical (unpaired) electrons. The average molecular weight is 285 g/mol. The lowest BCUT2D eigenvalue weighted by Crippen LogP contribution is -2.44. The molecular formula is C14H20FNO2S. The third-order valence-electron chi connectivity index (χ3n) is 3.89. The second-order valence-electron chi connectivity index (χ2n) is 5.33. The highest BCUT2D eigenvalue weighted by Crippen LogP contribution is 2.38. The summed E-state index contributed by atoms with van der Waals surface area (Å²) in [5.41, 5.74) is 0.821. The molecule has 19 heavy (non-hydrogen) atoms. The molecule has 1 heterocycles. The smallest absolute Gasteiger partial charge is 0.215 e. The van der Waals surface area contributed by atoms with Crippen molar-refractivity contribution in [1.29, 1.82) is 0 Å². The number of hydrogen-bond donors (Lipinski definition) is 1. The molecule has 106 valence electrons. The van der Waals surface area contributed by atoms with Crippen LogP contribution in [0.2, 0.25) is 0 Å². The van der Waals surface area contributed by atoms with E-state index in [-0.39, 0.29) is 4.90 Å². The predicted octanol–water partition coefficient (Wildman–Crippen LogP) is 2.45. The summed E-state index contributed by atoms with van der Waals surface area (Å²) in [4.78, 5) is 0.0797. The number of halogens is 1. The first-order valence-electron chi connectivity index (χ1n) is 6.56. The maximum absolute atomic E-state index is 15.0. The van der Waals surface area contributed by atoms with E-state index >= 15 is 0 Å². The van der Waals surface area contributed by atoms with Crippen molar-refractivity contribution in [2.45, 2.75) is 36.6 Å². The van der Waals surface area contributed by atoms with Crippen LogP contribution < -0.4 is 5.32 Å². The van der Waals surface area contributed by atoms with E-state index in [9.17, 15) is 12.8 Å². The molecule has 1 aliphatic heterocycles. The minimum absolute atomic E-state index is 0.0797. The van der Waals surface area contributed by atoms with Crippen LogP contribution in [-0.4, -0.2) is 26.5 Å². The van der Waals surface area contributed by atoms with Crippen molar-refractivity contribution in [1.82, 2.24) is 5.32 Å². The Kier molecular flexibility index (Phi) is 3.97. The molecular weight excluding hydrogens is 265 g/mol. The Morgan fingerprint density at radius 1 is 1.32 bits per heavy atom. The van der Waals surface area contributed by atoms with Gasteiger partial charge >= 0.3 is 0 Å². The molecule has 0 aliphatic carbocycles. The molecule has 3 nitrogen and oxygen atoms in total. The van der Waals surface area contributed by atoms with Gasteiger partial charge in [0, 0.05) is 5.92 Å². The van der Waals surface area contributed by atoms with E-state index in [0.29, 0.717) is 25.9 Å². The number of rotatable bonds is 3. The standard InChI is InChI=1S/C14H20FNO2S/c1-11-4-3-5-13(10-11)19(17,18)14(2,15)12-6-8-16-9-7-12/h3-5,10,12,16H,6-9H2,1-2H3. The minimum atomic E-state index is -3.96. The van der Waals surface area contributed by atoms with Crippen LogP contribution >= 0.6 is 0 Å². The van der Waals surface area contributed by atoms with Crippen molar-refractivity contribution in [3.63, 3.8) is 0 Å². The number of sulfone groups is 1. The van der Waals surface area contributed by atoms with Crippen LogP contribution in [0.15, 0.2) is 29.2 Å². The Balaban J connectivity index is 2.37. The molecule has 1 saturated heterocycles. The summed E-state index contributed by atoms with van der Waals surface area (Å²) in [5, 5.41) is 0.920. The van der Waals surface area contributed by atoms with Gasteiger partial charge in [-0.25, -0.2) is 12.8 Å². The lowest BCUT2D eigenvalue weighted by atomic mass is 9.93. The summed E-state index contributed by atoms with van der Waals surface area (Å²) in [7, 11) is -3.96. The summed E-state index contributed by atoms with van der Waals surface area (Å²) < 4.78 is 40.0. The Bertz CT molecular complexity index is 548. The van der Waals surface area contributed by atoms with Crippen LogP contribution in [-0.2, 0) is 9.84 Å². The van der Waals surface area contributed by atoms with Gasteiger partial charge in [0.1, 0.15) is 0 Å². The summed E-state index contributed by atoms with van der Waals surface area (Å²) in [6.07, 6.45) is 1.11. The van der Waals surface area contributed by atoms with Gasteiger partial charge in [0.05, 0.1) is 4.90 Å². The lowest BCUT2D eigenvalue weighted by molar-refractivity contribution is 0.159. The number of benzene rings is 1. The van der Waals surface area contributed by atoms with E-state index in [1.807, 2.05) is 0 Å². The zero-order chi connectivity index (χ0) is 14.1. The lowest BCUT2D eigenvalue weighted by Gasteiger charge is -2.33.